The Morgan fingerprint density at radius 2 is 2.00 bits per heavy atom. The molecule has 0 amide bonds. The van der Waals surface area contributed by atoms with E-state index in [0.29, 0.717) is 33.5 Å². The van der Waals surface area contributed by atoms with Gasteiger partial charge in [0.25, 0.3) is 0 Å². The van der Waals surface area contributed by atoms with Crippen LogP contribution in [0.1, 0.15) is 17.3 Å². The average Bonchev–Trinajstić information content (AvgIpc) is 2.43. The SMILES string of the molecule is CCOc1ccccc1-c1c(C=O)ccc(Br)c1O. The number of para-hydroxylation sites is 1. The van der Waals surface area contributed by atoms with Crippen LogP contribution in [0.4, 0.5) is 0 Å². The van der Waals surface area contributed by atoms with Crippen molar-refractivity contribution in [3.05, 3.63) is 46.4 Å². The molecule has 0 unspecified atom stereocenters. The van der Waals surface area contributed by atoms with E-state index >= 15 is 0 Å². The predicted molar refractivity (Wildman–Crippen MR) is 77.8 cm³/mol. The molecule has 0 bridgehead atoms. The van der Waals surface area contributed by atoms with E-state index in [1.54, 1.807) is 12.1 Å². The van der Waals surface area contributed by atoms with Crippen LogP contribution in [-0.4, -0.2) is 18.0 Å². The summed E-state index contributed by atoms with van der Waals surface area (Å²) >= 11 is 3.26. The van der Waals surface area contributed by atoms with Gasteiger partial charge in [0.05, 0.1) is 11.1 Å². The molecule has 0 atom stereocenters. The zero-order valence-corrected chi connectivity index (χ0v) is 12.0. The summed E-state index contributed by atoms with van der Waals surface area (Å²) in [6.07, 6.45) is 0.726. The summed E-state index contributed by atoms with van der Waals surface area (Å²) in [4.78, 5) is 11.2. The smallest absolute Gasteiger partial charge is 0.150 e. The molecule has 2 rings (SSSR count). The van der Waals surface area contributed by atoms with Crippen molar-refractivity contribution >= 4 is 22.2 Å². The van der Waals surface area contributed by atoms with Crippen LogP contribution in [0, 0.1) is 0 Å². The summed E-state index contributed by atoms with van der Waals surface area (Å²) in [5, 5.41) is 10.2. The van der Waals surface area contributed by atoms with E-state index in [2.05, 4.69) is 15.9 Å². The quantitative estimate of drug-likeness (QED) is 0.865. The van der Waals surface area contributed by atoms with Gasteiger partial charge in [-0.2, -0.15) is 0 Å². The molecule has 0 saturated heterocycles. The van der Waals surface area contributed by atoms with Gasteiger partial charge >= 0.3 is 0 Å². The molecular formula is C15H13BrO3. The summed E-state index contributed by atoms with van der Waals surface area (Å²) in [6.45, 7) is 2.40. The Labute approximate surface area is 120 Å². The number of carbonyl (C=O) groups excluding carboxylic acids is 1. The predicted octanol–water partition coefficient (Wildman–Crippen LogP) is 4.03. The van der Waals surface area contributed by atoms with Crippen molar-refractivity contribution in [2.45, 2.75) is 6.92 Å². The fourth-order valence-electron chi connectivity index (χ4n) is 1.92. The van der Waals surface area contributed by atoms with Crippen molar-refractivity contribution in [1.29, 1.82) is 0 Å². The van der Waals surface area contributed by atoms with Gasteiger partial charge < -0.3 is 9.84 Å². The molecule has 0 radical (unpaired) electrons. The third-order valence-electron chi connectivity index (χ3n) is 2.74. The van der Waals surface area contributed by atoms with Gasteiger partial charge in [0, 0.05) is 16.7 Å². The number of aromatic hydroxyl groups is 1. The second-order valence-electron chi connectivity index (χ2n) is 3.91. The van der Waals surface area contributed by atoms with E-state index in [1.165, 1.54) is 0 Å². The molecular weight excluding hydrogens is 308 g/mol. The minimum Gasteiger partial charge on any atom is -0.506 e. The number of phenols is 1. The summed E-state index contributed by atoms with van der Waals surface area (Å²) in [5.41, 5.74) is 1.60. The number of benzene rings is 2. The molecule has 0 heterocycles. The highest BCUT2D eigenvalue weighted by Gasteiger charge is 2.16. The molecule has 4 heteroatoms. The lowest BCUT2D eigenvalue weighted by atomic mass is 9.98. The molecule has 0 saturated carbocycles. The monoisotopic (exact) mass is 320 g/mol. The molecule has 98 valence electrons. The standard InChI is InChI=1S/C15H13BrO3/c1-2-19-13-6-4-3-5-11(13)14-10(9-17)7-8-12(16)15(14)18/h3-9,18H,2H2,1H3. The number of hydrogen-bond donors (Lipinski definition) is 1. The third kappa shape index (κ3) is 2.63. The second kappa shape index (κ2) is 5.89. The van der Waals surface area contributed by atoms with Crippen LogP contribution < -0.4 is 4.74 Å². The maximum atomic E-state index is 11.2. The highest BCUT2D eigenvalue weighted by molar-refractivity contribution is 9.10. The molecule has 0 aromatic heterocycles. The summed E-state index contributed by atoms with van der Waals surface area (Å²) in [7, 11) is 0. The van der Waals surface area contributed by atoms with Crippen LogP contribution in [0.3, 0.4) is 0 Å². The van der Waals surface area contributed by atoms with Crippen LogP contribution in [-0.2, 0) is 0 Å². The van der Waals surface area contributed by atoms with Crippen molar-refractivity contribution in [3.8, 4) is 22.6 Å². The van der Waals surface area contributed by atoms with Crippen LogP contribution >= 0.6 is 15.9 Å². The van der Waals surface area contributed by atoms with Crippen molar-refractivity contribution in [3.63, 3.8) is 0 Å². The van der Waals surface area contributed by atoms with E-state index in [0.717, 1.165) is 6.29 Å². The minimum atomic E-state index is 0.0387. The first-order chi connectivity index (χ1) is 9.19. The zero-order valence-electron chi connectivity index (χ0n) is 10.4. The van der Waals surface area contributed by atoms with Crippen molar-refractivity contribution < 1.29 is 14.6 Å². The normalized spacial score (nSPS) is 10.2. The largest absolute Gasteiger partial charge is 0.506 e. The van der Waals surface area contributed by atoms with E-state index in [9.17, 15) is 9.90 Å². The Bertz CT molecular complexity index is 608. The lowest BCUT2D eigenvalue weighted by molar-refractivity contribution is 0.112. The molecule has 0 spiro atoms. The van der Waals surface area contributed by atoms with Gasteiger partial charge in [-0.3, -0.25) is 4.79 Å². The molecule has 0 fully saturated rings. The van der Waals surface area contributed by atoms with Crippen LogP contribution in [0.25, 0.3) is 11.1 Å². The lowest BCUT2D eigenvalue weighted by Gasteiger charge is -2.14. The van der Waals surface area contributed by atoms with Crippen molar-refractivity contribution in [1.82, 2.24) is 0 Å². The molecule has 0 aliphatic heterocycles. The molecule has 19 heavy (non-hydrogen) atoms. The van der Waals surface area contributed by atoms with Gasteiger partial charge in [-0.05, 0) is 41.1 Å². The van der Waals surface area contributed by atoms with Crippen molar-refractivity contribution in [2.75, 3.05) is 6.61 Å². The summed E-state index contributed by atoms with van der Waals surface area (Å²) < 4.78 is 6.08. The number of hydrogen-bond acceptors (Lipinski definition) is 3. The van der Waals surface area contributed by atoms with Gasteiger partial charge in [0.2, 0.25) is 0 Å². The van der Waals surface area contributed by atoms with Gasteiger partial charge in [-0.1, -0.05) is 18.2 Å². The Hall–Kier alpha value is -1.81. The Morgan fingerprint density at radius 3 is 2.68 bits per heavy atom. The summed E-state index contributed by atoms with van der Waals surface area (Å²) in [6, 6.07) is 10.6. The van der Waals surface area contributed by atoms with E-state index in [4.69, 9.17) is 4.74 Å². The van der Waals surface area contributed by atoms with Crippen LogP contribution in [0.15, 0.2) is 40.9 Å². The molecule has 0 aliphatic rings. The topological polar surface area (TPSA) is 46.5 Å². The fourth-order valence-corrected chi connectivity index (χ4v) is 2.25. The Balaban J connectivity index is 2.71. The first-order valence-corrected chi connectivity index (χ1v) is 6.67. The number of carbonyl (C=O) groups is 1. The Kier molecular flexibility index (Phi) is 4.22. The maximum Gasteiger partial charge on any atom is 0.150 e. The van der Waals surface area contributed by atoms with Gasteiger partial charge in [0.1, 0.15) is 11.5 Å². The number of rotatable bonds is 4. The number of halogens is 1. The van der Waals surface area contributed by atoms with E-state index in [-0.39, 0.29) is 5.75 Å². The number of aldehydes is 1. The van der Waals surface area contributed by atoms with Gasteiger partial charge in [0.15, 0.2) is 6.29 Å². The van der Waals surface area contributed by atoms with Crippen molar-refractivity contribution in [2.24, 2.45) is 0 Å². The van der Waals surface area contributed by atoms with Crippen LogP contribution in [0.5, 0.6) is 11.5 Å². The minimum absolute atomic E-state index is 0.0387. The van der Waals surface area contributed by atoms with E-state index < -0.39 is 0 Å². The zero-order chi connectivity index (χ0) is 13.8. The first-order valence-electron chi connectivity index (χ1n) is 5.87. The summed E-state index contributed by atoms with van der Waals surface area (Å²) in [5.74, 6) is 0.679. The first kappa shape index (κ1) is 13.6. The average molecular weight is 321 g/mol. The fraction of sp³-hybridized carbons (Fsp3) is 0.133. The molecule has 1 N–H and O–H groups in total. The second-order valence-corrected chi connectivity index (χ2v) is 4.76. The molecule has 0 aliphatic carbocycles. The number of ether oxygens (including phenoxy) is 1. The van der Waals surface area contributed by atoms with Crippen LogP contribution in [0.2, 0.25) is 0 Å². The molecule has 3 nitrogen and oxygen atoms in total. The number of phenolic OH excluding ortho intramolecular Hbond substituents is 1. The molecule has 2 aromatic carbocycles. The lowest BCUT2D eigenvalue weighted by Crippen LogP contribution is -1.96. The van der Waals surface area contributed by atoms with Gasteiger partial charge in [-0.25, -0.2) is 0 Å². The van der Waals surface area contributed by atoms with Gasteiger partial charge in [-0.15, -0.1) is 0 Å². The Morgan fingerprint density at radius 1 is 1.26 bits per heavy atom. The molecule has 2 aromatic rings. The van der Waals surface area contributed by atoms with E-state index in [1.807, 2.05) is 31.2 Å². The third-order valence-corrected chi connectivity index (χ3v) is 3.38. The highest BCUT2D eigenvalue weighted by Crippen LogP contribution is 2.41. The maximum absolute atomic E-state index is 11.2. The highest BCUT2D eigenvalue weighted by atomic mass is 79.9.